The topological polar surface area (TPSA) is 0 Å². The quantitative estimate of drug-likeness (QED) is 0.500. The van der Waals surface area contributed by atoms with Crippen molar-refractivity contribution in [2.45, 2.75) is 37.5 Å². The van der Waals surface area contributed by atoms with Crippen LogP contribution in [0.5, 0.6) is 0 Å². The Morgan fingerprint density at radius 2 is 1.88 bits per heavy atom. The number of hydrogen-bond donors (Lipinski definition) is 0. The predicted octanol–water partition coefficient (Wildman–Crippen LogP) is 3.25. The van der Waals surface area contributed by atoms with Crippen LogP contribution in [0.3, 0.4) is 0 Å². The van der Waals surface area contributed by atoms with E-state index in [9.17, 15) is 0 Å². The molecule has 0 fully saturated rings. The number of hydrogen-bond acceptors (Lipinski definition) is 0. The molecule has 0 saturated carbocycles. The van der Waals surface area contributed by atoms with Crippen LogP contribution in [-0.4, -0.2) is 3.42 Å². The molecule has 0 nitrogen and oxygen atoms in total. The van der Waals surface area contributed by atoms with Gasteiger partial charge in [0.15, 0.2) is 0 Å². The first-order valence-electron chi connectivity index (χ1n) is 3.17. The molecule has 0 amide bonds. The van der Waals surface area contributed by atoms with Crippen molar-refractivity contribution in [1.29, 1.82) is 0 Å². The van der Waals surface area contributed by atoms with Crippen LogP contribution in [0.1, 0.15) is 34.1 Å². The smallest absolute Gasteiger partial charge is 0.0191 e. The van der Waals surface area contributed by atoms with Crippen LogP contribution in [0.4, 0.5) is 0 Å². The third kappa shape index (κ3) is 2.90. The van der Waals surface area contributed by atoms with Crippen LogP contribution in [0, 0.1) is 5.92 Å². The highest BCUT2D eigenvalue weighted by Gasteiger charge is 2.19. The zero-order valence-corrected chi connectivity index (χ0v) is 8.32. The Balaban J connectivity index is 3.62. The fraction of sp³-hybridized carbons (Fsp3) is 1.00. The fourth-order valence-corrected chi connectivity index (χ4v) is 0.926. The van der Waals surface area contributed by atoms with Gasteiger partial charge in [-0.25, -0.2) is 0 Å². The van der Waals surface area contributed by atoms with Crippen LogP contribution in [0.15, 0.2) is 0 Å². The molecule has 0 aliphatic carbocycles. The van der Waals surface area contributed by atoms with Crippen LogP contribution in [0.25, 0.3) is 0 Å². The molecule has 1 atom stereocenters. The van der Waals surface area contributed by atoms with Gasteiger partial charge in [-0.1, -0.05) is 56.7 Å². The lowest BCUT2D eigenvalue weighted by Gasteiger charge is -2.23. The maximum atomic E-state index is 2.50. The van der Waals surface area contributed by atoms with E-state index in [4.69, 9.17) is 0 Å². The summed E-state index contributed by atoms with van der Waals surface area (Å²) in [5.41, 5.74) is 0. The van der Waals surface area contributed by atoms with Gasteiger partial charge < -0.3 is 0 Å². The normalized spacial score (nSPS) is 16.1. The van der Waals surface area contributed by atoms with Gasteiger partial charge in [0.25, 0.3) is 0 Å². The summed E-state index contributed by atoms with van der Waals surface area (Å²) >= 11 is 2.50. The Bertz CT molecular complexity index is 61.3. The third-order valence-corrected chi connectivity index (χ3v) is 2.85. The van der Waals surface area contributed by atoms with Crippen molar-refractivity contribution in [3.8, 4) is 0 Å². The lowest BCUT2D eigenvalue weighted by molar-refractivity contribution is 0.468. The van der Waals surface area contributed by atoms with E-state index in [1.54, 1.807) is 0 Å². The molecule has 0 aliphatic rings. The zero-order chi connectivity index (χ0) is 6.78. The summed E-state index contributed by atoms with van der Waals surface area (Å²) in [4.78, 5) is 0. The van der Waals surface area contributed by atoms with E-state index in [2.05, 4.69) is 50.3 Å². The number of rotatable bonds is 2. The summed E-state index contributed by atoms with van der Waals surface area (Å²) in [5.74, 6) is 0.836. The van der Waals surface area contributed by atoms with E-state index in [0.29, 0.717) is 3.42 Å². The molecule has 0 saturated heterocycles. The maximum absolute atomic E-state index is 2.50. The van der Waals surface area contributed by atoms with E-state index in [0.717, 1.165) is 5.92 Å². The average molecular weight is 226 g/mol. The summed E-state index contributed by atoms with van der Waals surface area (Å²) in [5, 5.41) is 0. The molecule has 0 aliphatic heterocycles. The molecule has 0 aromatic carbocycles. The summed E-state index contributed by atoms with van der Waals surface area (Å²) in [7, 11) is 0. The molecule has 8 heavy (non-hydrogen) atoms. The van der Waals surface area contributed by atoms with Crippen molar-refractivity contribution in [3.63, 3.8) is 0 Å². The summed E-state index contributed by atoms with van der Waals surface area (Å²) < 4.78 is 0.479. The predicted molar refractivity (Wildman–Crippen MR) is 47.6 cm³/mol. The summed E-state index contributed by atoms with van der Waals surface area (Å²) in [6.07, 6.45) is 1.29. The van der Waals surface area contributed by atoms with Gasteiger partial charge in [0.2, 0.25) is 0 Å². The van der Waals surface area contributed by atoms with Crippen LogP contribution < -0.4 is 0 Å². The van der Waals surface area contributed by atoms with Gasteiger partial charge in [-0.2, -0.15) is 0 Å². The van der Waals surface area contributed by atoms with Crippen LogP contribution >= 0.6 is 22.6 Å². The lowest BCUT2D eigenvalue weighted by atomic mass is 9.96. The first-order chi connectivity index (χ1) is 3.48. The molecule has 1 heteroatoms. The molecule has 0 radical (unpaired) electrons. The average Bonchev–Trinajstić information content (AvgIpc) is 1.62. The Morgan fingerprint density at radius 3 is 1.88 bits per heavy atom. The zero-order valence-electron chi connectivity index (χ0n) is 6.16. The number of halogens is 1. The minimum absolute atomic E-state index is 0.479. The van der Waals surface area contributed by atoms with E-state index in [-0.39, 0.29) is 0 Å². The maximum Gasteiger partial charge on any atom is 0.0191 e. The SMILES string of the molecule is CCC(C)C(C)(C)I. The second-order valence-electron chi connectivity index (χ2n) is 2.87. The standard InChI is InChI=1S/C7H15I/c1-5-6(2)7(3,4)8/h6H,5H2,1-4H3. The highest BCUT2D eigenvalue weighted by Crippen LogP contribution is 2.28. The molecule has 0 bridgehead atoms. The van der Waals surface area contributed by atoms with Crippen molar-refractivity contribution < 1.29 is 0 Å². The Kier molecular flexibility index (Phi) is 3.32. The lowest BCUT2D eigenvalue weighted by Crippen LogP contribution is -2.19. The Hall–Kier alpha value is 0.730. The summed E-state index contributed by atoms with van der Waals surface area (Å²) in [6, 6.07) is 0. The molecule has 50 valence electrons. The van der Waals surface area contributed by atoms with Gasteiger partial charge in [0, 0.05) is 3.42 Å². The molecular formula is C7H15I. The largest absolute Gasteiger partial charge is 0.0792 e. The Morgan fingerprint density at radius 1 is 1.50 bits per heavy atom. The van der Waals surface area contributed by atoms with Gasteiger partial charge in [0.05, 0.1) is 0 Å². The second kappa shape index (κ2) is 3.04. The minimum atomic E-state index is 0.479. The van der Waals surface area contributed by atoms with Crippen molar-refractivity contribution in [2.24, 2.45) is 5.92 Å². The molecular weight excluding hydrogens is 211 g/mol. The van der Waals surface area contributed by atoms with Crippen molar-refractivity contribution in [1.82, 2.24) is 0 Å². The van der Waals surface area contributed by atoms with Crippen molar-refractivity contribution in [2.75, 3.05) is 0 Å². The highest BCUT2D eigenvalue weighted by molar-refractivity contribution is 14.1. The van der Waals surface area contributed by atoms with E-state index < -0.39 is 0 Å². The molecule has 1 unspecified atom stereocenters. The fourth-order valence-electron chi connectivity index (χ4n) is 0.485. The molecule has 0 rings (SSSR count). The van der Waals surface area contributed by atoms with Gasteiger partial charge in [0.1, 0.15) is 0 Å². The van der Waals surface area contributed by atoms with Crippen molar-refractivity contribution >= 4 is 22.6 Å². The van der Waals surface area contributed by atoms with E-state index in [1.807, 2.05) is 0 Å². The molecule has 0 N–H and O–H groups in total. The Labute approximate surface area is 66.2 Å². The monoisotopic (exact) mass is 226 g/mol. The van der Waals surface area contributed by atoms with E-state index in [1.165, 1.54) is 6.42 Å². The first-order valence-corrected chi connectivity index (χ1v) is 4.25. The number of alkyl halides is 1. The van der Waals surface area contributed by atoms with Gasteiger partial charge in [-0.05, 0) is 5.92 Å². The molecule has 0 aromatic heterocycles. The molecule has 0 heterocycles. The third-order valence-electron chi connectivity index (χ3n) is 1.78. The van der Waals surface area contributed by atoms with Gasteiger partial charge in [-0.3, -0.25) is 0 Å². The van der Waals surface area contributed by atoms with Gasteiger partial charge >= 0.3 is 0 Å². The van der Waals surface area contributed by atoms with Crippen molar-refractivity contribution in [3.05, 3.63) is 0 Å². The first kappa shape index (κ1) is 8.73. The summed E-state index contributed by atoms with van der Waals surface area (Å²) in [6.45, 7) is 9.10. The van der Waals surface area contributed by atoms with Gasteiger partial charge in [-0.15, -0.1) is 0 Å². The second-order valence-corrected chi connectivity index (χ2v) is 5.65. The molecule has 0 spiro atoms. The highest BCUT2D eigenvalue weighted by atomic mass is 127. The van der Waals surface area contributed by atoms with Crippen LogP contribution in [0.2, 0.25) is 0 Å². The molecule has 0 aromatic rings. The van der Waals surface area contributed by atoms with Crippen LogP contribution in [-0.2, 0) is 0 Å². The minimum Gasteiger partial charge on any atom is -0.0792 e. The van der Waals surface area contributed by atoms with E-state index >= 15 is 0 Å².